The molecule has 0 amide bonds. The molecular formula is C9H17F2NO2S. The van der Waals surface area contributed by atoms with E-state index in [9.17, 15) is 17.2 Å². The third-order valence-corrected chi connectivity index (χ3v) is 4.43. The molecule has 3 nitrogen and oxygen atoms in total. The van der Waals surface area contributed by atoms with Crippen LogP contribution in [-0.2, 0) is 9.84 Å². The highest BCUT2D eigenvalue weighted by Crippen LogP contribution is 2.23. The van der Waals surface area contributed by atoms with Gasteiger partial charge >= 0.3 is 0 Å². The van der Waals surface area contributed by atoms with Gasteiger partial charge in [0.1, 0.15) is 9.84 Å². The maximum Gasteiger partial charge on any atom is 0.250 e. The molecule has 90 valence electrons. The molecule has 0 bridgehead atoms. The Balaban J connectivity index is 2.43. The average Bonchev–Trinajstić information content (AvgIpc) is 2.14. The van der Waals surface area contributed by atoms with Crippen molar-refractivity contribution in [2.24, 2.45) is 0 Å². The first-order chi connectivity index (χ1) is 6.89. The fourth-order valence-electron chi connectivity index (χ4n) is 1.97. The maximum atomic E-state index is 11.9. The van der Waals surface area contributed by atoms with Crippen LogP contribution in [0.1, 0.15) is 25.7 Å². The molecule has 0 radical (unpaired) electrons. The van der Waals surface area contributed by atoms with Crippen LogP contribution in [0.4, 0.5) is 8.78 Å². The van der Waals surface area contributed by atoms with E-state index >= 15 is 0 Å². The van der Waals surface area contributed by atoms with Crippen LogP contribution in [0.3, 0.4) is 0 Å². The largest absolute Gasteiger partial charge is 0.309 e. The van der Waals surface area contributed by atoms with Gasteiger partial charge in [0.05, 0.1) is 11.8 Å². The summed E-state index contributed by atoms with van der Waals surface area (Å²) < 4.78 is 46.5. The van der Waals surface area contributed by atoms with Gasteiger partial charge in [-0.2, -0.15) is 0 Å². The van der Waals surface area contributed by atoms with Crippen LogP contribution in [-0.4, -0.2) is 38.9 Å². The van der Waals surface area contributed by atoms with Crippen molar-refractivity contribution in [3.63, 3.8) is 0 Å². The number of hydrogen-bond acceptors (Lipinski definition) is 3. The summed E-state index contributed by atoms with van der Waals surface area (Å²) in [6.45, 7) is -0.346. The van der Waals surface area contributed by atoms with Gasteiger partial charge < -0.3 is 5.32 Å². The van der Waals surface area contributed by atoms with E-state index in [0.29, 0.717) is 12.8 Å². The van der Waals surface area contributed by atoms with Crippen molar-refractivity contribution < 1.29 is 17.2 Å². The predicted octanol–water partition coefficient (Wildman–Crippen LogP) is 1.20. The SMILES string of the molecule is CS(=O)(=O)C1CCCC(NCC(F)F)C1. The van der Waals surface area contributed by atoms with Crippen LogP contribution >= 0.6 is 0 Å². The molecule has 15 heavy (non-hydrogen) atoms. The number of halogens is 2. The first-order valence-corrected chi connectivity index (χ1v) is 7.05. The van der Waals surface area contributed by atoms with Gasteiger partial charge in [-0.1, -0.05) is 6.42 Å². The van der Waals surface area contributed by atoms with E-state index in [4.69, 9.17) is 0 Å². The lowest BCUT2D eigenvalue weighted by atomic mass is 9.95. The molecule has 1 aliphatic carbocycles. The number of sulfone groups is 1. The Labute approximate surface area is 89.2 Å². The van der Waals surface area contributed by atoms with Crippen molar-refractivity contribution in [2.75, 3.05) is 12.8 Å². The monoisotopic (exact) mass is 241 g/mol. The first-order valence-electron chi connectivity index (χ1n) is 5.10. The summed E-state index contributed by atoms with van der Waals surface area (Å²) in [4.78, 5) is 0. The van der Waals surface area contributed by atoms with E-state index in [-0.39, 0.29) is 17.8 Å². The summed E-state index contributed by atoms with van der Waals surface area (Å²) in [7, 11) is -3.02. The van der Waals surface area contributed by atoms with Crippen molar-refractivity contribution in [1.82, 2.24) is 5.32 Å². The molecule has 2 atom stereocenters. The summed E-state index contributed by atoms with van der Waals surface area (Å²) in [5.74, 6) is 0. The molecule has 6 heteroatoms. The number of rotatable bonds is 4. The van der Waals surface area contributed by atoms with Crippen LogP contribution in [0.5, 0.6) is 0 Å². The predicted molar refractivity (Wildman–Crippen MR) is 54.9 cm³/mol. The molecule has 1 N–H and O–H groups in total. The molecule has 1 rings (SSSR count). The van der Waals surface area contributed by atoms with E-state index in [1.165, 1.54) is 6.26 Å². The summed E-state index contributed by atoms with van der Waals surface area (Å²) in [5.41, 5.74) is 0. The lowest BCUT2D eigenvalue weighted by Gasteiger charge is -2.28. The number of nitrogens with one attached hydrogen (secondary N) is 1. The third kappa shape index (κ3) is 4.42. The standard InChI is InChI=1S/C9H17F2NO2S/c1-15(13,14)8-4-2-3-7(5-8)12-6-9(10)11/h7-9,12H,2-6H2,1H3. The average molecular weight is 241 g/mol. The molecule has 0 aromatic carbocycles. The highest BCUT2D eigenvalue weighted by atomic mass is 32.2. The van der Waals surface area contributed by atoms with Crippen LogP contribution in [0.2, 0.25) is 0 Å². The molecule has 1 saturated carbocycles. The summed E-state index contributed by atoms with van der Waals surface area (Å²) >= 11 is 0. The topological polar surface area (TPSA) is 46.2 Å². The van der Waals surface area contributed by atoms with Crippen molar-refractivity contribution in [3.8, 4) is 0 Å². The second-order valence-corrected chi connectivity index (χ2v) is 6.44. The fraction of sp³-hybridized carbons (Fsp3) is 1.00. The molecule has 1 aliphatic rings. The van der Waals surface area contributed by atoms with E-state index < -0.39 is 16.3 Å². The first kappa shape index (κ1) is 12.8. The second-order valence-electron chi connectivity index (χ2n) is 4.11. The minimum absolute atomic E-state index is 0.0764. The lowest BCUT2D eigenvalue weighted by molar-refractivity contribution is 0.138. The normalized spacial score (nSPS) is 28.3. The van der Waals surface area contributed by atoms with Gasteiger partial charge in [-0.25, -0.2) is 17.2 Å². The third-order valence-electron chi connectivity index (χ3n) is 2.79. The van der Waals surface area contributed by atoms with Gasteiger partial charge in [0.25, 0.3) is 6.43 Å². The van der Waals surface area contributed by atoms with Crippen LogP contribution in [0.15, 0.2) is 0 Å². The van der Waals surface area contributed by atoms with Crippen LogP contribution in [0, 0.1) is 0 Å². The minimum Gasteiger partial charge on any atom is -0.309 e. The Kier molecular flexibility index (Phi) is 4.45. The molecular weight excluding hydrogens is 224 g/mol. The second kappa shape index (κ2) is 5.21. The zero-order valence-electron chi connectivity index (χ0n) is 8.75. The molecule has 0 aromatic heterocycles. The number of alkyl halides is 2. The smallest absolute Gasteiger partial charge is 0.250 e. The van der Waals surface area contributed by atoms with Gasteiger partial charge in [0, 0.05) is 12.3 Å². The van der Waals surface area contributed by atoms with Gasteiger partial charge in [0.15, 0.2) is 0 Å². The Hall–Kier alpha value is -0.230. The summed E-state index contributed by atoms with van der Waals surface area (Å²) in [6, 6.07) is -0.0764. The molecule has 0 saturated heterocycles. The Bertz CT molecular complexity index is 292. The molecule has 2 unspecified atom stereocenters. The van der Waals surface area contributed by atoms with E-state index in [2.05, 4.69) is 5.32 Å². The van der Waals surface area contributed by atoms with Gasteiger partial charge in [0.2, 0.25) is 0 Å². The Morgan fingerprint density at radius 1 is 1.40 bits per heavy atom. The number of hydrogen-bond donors (Lipinski definition) is 1. The van der Waals surface area contributed by atoms with Crippen molar-refractivity contribution in [3.05, 3.63) is 0 Å². The lowest BCUT2D eigenvalue weighted by Crippen LogP contribution is -2.40. The van der Waals surface area contributed by atoms with E-state index in [1.54, 1.807) is 0 Å². The Morgan fingerprint density at radius 2 is 2.07 bits per heavy atom. The molecule has 0 aliphatic heterocycles. The molecule has 0 heterocycles. The fourth-order valence-corrected chi connectivity index (χ4v) is 3.15. The molecule has 0 spiro atoms. The van der Waals surface area contributed by atoms with E-state index in [0.717, 1.165) is 12.8 Å². The van der Waals surface area contributed by atoms with E-state index in [1.807, 2.05) is 0 Å². The van der Waals surface area contributed by atoms with Crippen molar-refractivity contribution >= 4 is 9.84 Å². The van der Waals surface area contributed by atoms with Crippen molar-refractivity contribution in [2.45, 2.75) is 43.4 Å². The highest BCUT2D eigenvalue weighted by molar-refractivity contribution is 7.91. The highest BCUT2D eigenvalue weighted by Gasteiger charge is 2.28. The molecule has 1 fully saturated rings. The quantitative estimate of drug-likeness (QED) is 0.804. The van der Waals surface area contributed by atoms with Crippen molar-refractivity contribution in [1.29, 1.82) is 0 Å². The molecule has 0 aromatic rings. The zero-order valence-corrected chi connectivity index (χ0v) is 9.56. The minimum atomic E-state index is -3.02. The summed E-state index contributed by atoms with van der Waals surface area (Å²) in [5, 5.41) is 2.35. The zero-order chi connectivity index (χ0) is 11.5. The van der Waals surface area contributed by atoms with Crippen LogP contribution < -0.4 is 5.32 Å². The maximum absolute atomic E-state index is 11.9. The summed E-state index contributed by atoms with van der Waals surface area (Å²) in [6.07, 6.45) is 1.55. The van der Waals surface area contributed by atoms with Gasteiger partial charge in [-0.15, -0.1) is 0 Å². The Morgan fingerprint density at radius 3 is 2.60 bits per heavy atom. The van der Waals surface area contributed by atoms with Gasteiger partial charge in [-0.05, 0) is 19.3 Å². The van der Waals surface area contributed by atoms with Gasteiger partial charge in [-0.3, -0.25) is 0 Å². The van der Waals surface area contributed by atoms with Crippen LogP contribution in [0.25, 0.3) is 0 Å².